The summed E-state index contributed by atoms with van der Waals surface area (Å²) in [5.41, 5.74) is 0.711. The van der Waals surface area contributed by atoms with Crippen LogP contribution in [0.1, 0.15) is 10.4 Å². The van der Waals surface area contributed by atoms with Gasteiger partial charge in [0, 0.05) is 12.4 Å². The molecule has 0 radical (unpaired) electrons. The topological polar surface area (TPSA) is 90.9 Å². The molecule has 3 N–H and O–H groups in total. The van der Waals surface area contributed by atoms with Gasteiger partial charge in [-0.2, -0.15) is 5.10 Å². The summed E-state index contributed by atoms with van der Waals surface area (Å²) < 4.78 is 0. The molecule has 6 heteroatoms. The molecule has 0 atom stereocenters. The van der Waals surface area contributed by atoms with Crippen LogP contribution in [-0.4, -0.2) is 26.2 Å². The lowest BCUT2D eigenvalue weighted by Crippen LogP contribution is -2.11. The van der Waals surface area contributed by atoms with E-state index in [2.05, 4.69) is 20.5 Å². The highest BCUT2D eigenvalue weighted by Gasteiger charge is 2.10. The number of H-pyrrole nitrogens is 1. The second kappa shape index (κ2) is 3.79. The zero-order chi connectivity index (χ0) is 10.7. The minimum Gasteiger partial charge on any atom is -0.505 e. The number of nitrogens with one attached hydrogen (secondary N) is 2. The normalized spacial score (nSPS) is 9.87. The van der Waals surface area contributed by atoms with Crippen molar-refractivity contribution in [1.82, 2.24) is 15.2 Å². The number of aromatic hydroxyl groups is 1. The molecule has 15 heavy (non-hydrogen) atoms. The first kappa shape index (κ1) is 9.20. The molecular formula is C9H8N4O2. The minimum absolute atomic E-state index is 0.154. The lowest BCUT2D eigenvalue weighted by molar-refractivity contribution is 0.102. The van der Waals surface area contributed by atoms with Crippen molar-refractivity contribution in [2.75, 3.05) is 5.32 Å². The molecule has 2 rings (SSSR count). The number of carbonyl (C=O) groups is 1. The maximum absolute atomic E-state index is 11.6. The average molecular weight is 204 g/mol. The fraction of sp³-hybridized carbons (Fsp3) is 0. The summed E-state index contributed by atoms with van der Waals surface area (Å²) in [6.45, 7) is 0. The van der Waals surface area contributed by atoms with E-state index in [4.69, 9.17) is 0 Å². The molecule has 0 spiro atoms. The van der Waals surface area contributed by atoms with Crippen LogP contribution in [0.25, 0.3) is 0 Å². The molecule has 0 saturated carbocycles. The molecule has 0 aliphatic heterocycles. The van der Waals surface area contributed by atoms with E-state index in [9.17, 15) is 9.90 Å². The monoisotopic (exact) mass is 204 g/mol. The van der Waals surface area contributed by atoms with Gasteiger partial charge in [-0.05, 0) is 6.07 Å². The van der Waals surface area contributed by atoms with Crippen LogP contribution in [0, 0.1) is 0 Å². The predicted octanol–water partition coefficient (Wildman–Crippen LogP) is 0.763. The Morgan fingerprint density at radius 3 is 3.00 bits per heavy atom. The fourth-order valence-corrected chi connectivity index (χ4v) is 1.10. The minimum atomic E-state index is -0.406. The molecule has 0 aliphatic rings. The van der Waals surface area contributed by atoms with Gasteiger partial charge < -0.3 is 10.4 Å². The summed E-state index contributed by atoms with van der Waals surface area (Å²) in [5.74, 6) is -0.560. The van der Waals surface area contributed by atoms with Gasteiger partial charge in [-0.15, -0.1) is 0 Å². The molecule has 2 aromatic heterocycles. The summed E-state index contributed by atoms with van der Waals surface area (Å²) in [4.78, 5) is 15.3. The van der Waals surface area contributed by atoms with Crippen molar-refractivity contribution in [3.8, 4) is 5.75 Å². The molecule has 76 valence electrons. The van der Waals surface area contributed by atoms with Crippen molar-refractivity contribution in [3.63, 3.8) is 0 Å². The van der Waals surface area contributed by atoms with Crippen LogP contribution in [0.3, 0.4) is 0 Å². The molecule has 0 saturated heterocycles. The van der Waals surface area contributed by atoms with E-state index in [-0.39, 0.29) is 11.3 Å². The number of hydrogen-bond acceptors (Lipinski definition) is 4. The van der Waals surface area contributed by atoms with Gasteiger partial charge in [-0.3, -0.25) is 14.9 Å². The van der Waals surface area contributed by atoms with Crippen LogP contribution in [0.4, 0.5) is 5.69 Å². The largest absolute Gasteiger partial charge is 0.505 e. The number of hydrogen-bond donors (Lipinski definition) is 3. The Bertz CT molecular complexity index is 467. The Labute approximate surface area is 85.0 Å². The zero-order valence-corrected chi connectivity index (χ0v) is 7.64. The van der Waals surface area contributed by atoms with Gasteiger partial charge in [0.2, 0.25) is 0 Å². The summed E-state index contributed by atoms with van der Waals surface area (Å²) in [6.07, 6.45) is 5.65. The summed E-state index contributed by atoms with van der Waals surface area (Å²) in [6, 6.07) is 1.44. The summed E-state index contributed by atoms with van der Waals surface area (Å²) >= 11 is 0. The lowest BCUT2D eigenvalue weighted by atomic mass is 10.2. The Balaban J connectivity index is 2.19. The number of nitrogens with zero attached hydrogens (tertiary/aromatic N) is 2. The van der Waals surface area contributed by atoms with Crippen molar-refractivity contribution in [1.29, 1.82) is 0 Å². The zero-order valence-electron chi connectivity index (χ0n) is 7.64. The van der Waals surface area contributed by atoms with Gasteiger partial charge in [-0.1, -0.05) is 0 Å². The van der Waals surface area contributed by atoms with Gasteiger partial charge in [0.05, 0.1) is 23.6 Å². The first-order valence-electron chi connectivity index (χ1n) is 4.20. The molecule has 6 nitrogen and oxygen atoms in total. The Morgan fingerprint density at radius 2 is 2.33 bits per heavy atom. The Hall–Kier alpha value is -2.37. The Kier molecular flexibility index (Phi) is 2.32. The van der Waals surface area contributed by atoms with Crippen molar-refractivity contribution in [2.24, 2.45) is 0 Å². The van der Waals surface area contributed by atoms with Crippen LogP contribution in [0.15, 0.2) is 30.9 Å². The van der Waals surface area contributed by atoms with Crippen LogP contribution in [0.2, 0.25) is 0 Å². The van der Waals surface area contributed by atoms with Gasteiger partial charge >= 0.3 is 0 Å². The highest BCUT2D eigenvalue weighted by atomic mass is 16.3. The molecular weight excluding hydrogens is 196 g/mol. The van der Waals surface area contributed by atoms with E-state index in [0.717, 1.165) is 0 Å². The highest BCUT2D eigenvalue weighted by Crippen LogP contribution is 2.15. The predicted molar refractivity (Wildman–Crippen MR) is 52.4 cm³/mol. The maximum Gasteiger partial charge on any atom is 0.259 e. The second-order valence-electron chi connectivity index (χ2n) is 2.83. The van der Waals surface area contributed by atoms with Crippen molar-refractivity contribution in [3.05, 3.63) is 36.4 Å². The van der Waals surface area contributed by atoms with E-state index in [1.54, 1.807) is 0 Å². The van der Waals surface area contributed by atoms with Gasteiger partial charge in [0.25, 0.3) is 5.91 Å². The van der Waals surface area contributed by atoms with Crippen molar-refractivity contribution in [2.45, 2.75) is 0 Å². The van der Waals surface area contributed by atoms with Crippen LogP contribution >= 0.6 is 0 Å². The van der Waals surface area contributed by atoms with Crippen molar-refractivity contribution < 1.29 is 9.90 Å². The molecule has 0 unspecified atom stereocenters. The third-order valence-electron chi connectivity index (χ3n) is 1.80. The lowest BCUT2D eigenvalue weighted by Gasteiger charge is -2.03. The van der Waals surface area contributed by atoms with E-state index in [1.807, 2.05) is 0 Å². The maximum atomic E-state index is 11.6. The van der Waals surface area contributed by atoms with E-state index >= 15 is 0 Å². The van der Waals surface area contributed by atoms with Crippen molar-refractivity contribution >= 4 is 11.6 Å². The summed E-state index contributed by atoms with van der Waals surface area (Å²) in [7, 11) is 0. The smallest absolute Gasteiger partial charge is 0.259 e. The molecule has 2 heterocycles. The number of carbonyl (C=O) groups excluding carboxylic acids is 1. The molecule has 0 fully saturated rings. The molecule has 0 aromatic carbocycles. The average Bonchev–Trinajstić information content (AvgIpc) is 2.71. The van der Waals surface area contributed by atoms with Gasteiger partial charge in [0.15, 0.2) is 0 Å². The SMILES string of the molecule is O=C(Nc1cn[nH]c1)c1ccncc1O. The number of anilines is 1. The van der Waals surface area contributed by atoms with Gasteiger partial charge in [-0.25, -0.2) is 0 Å². The number of rotatable bonds is 2. The number of amides is 1. The fourth-order valence-electron chi connectivity index (χ4n) is 1.10. The van der Waals surface area contributed by atoms with Crippen LogP contribution < -0.4 is 5.32 Å². The van der Waals surface area contributed by atoms with E-state index < -0.39 is 5.91 Å². The molecule has 0 aliphatic carbocycles. The molecule has 2 aromatic rings. The first-order chi connectivity index (χ1) is 7.27. The third-order valence-corrected chi connectivity index (χ3v) is 1.80. The Morgan fingerprint density at radius 1 is 1.47 bits per heavy atom. The standard InChI is InChI=1S/C9H8N4O2/c14-8-5-10-2-1-7(8)9(15)13-6-3-11-12-4-6/h1-5,14H,(H,11,12)(H,13,15). The molecule has 1 amide bonds. The van der Waals surface area contributed by atoms with E-state index in [1.165, 1.54) is 30.9 Å². The van der Waals surface area contributed by atoms with Crippen LogP contribution in [-0.2, 0) is 0 Å². The number of aromatic nitrogens is 3. The van der Waals surface area contributed by atoms with Crippen LogP contribution in [0.5, 0.6) is 5.75 Å². The molecule has 0 bridgehead atoms. The highest BCUT2D eigenvalue weighted by molar-refractivity contribution is 6.05. The first-order valence-corrected chi connectivity index (χ1v) is 4.20. The quantitative estimate of drug-likeness (QED) is 0.673. The van der Waals surface area contributed by atoms with Gasteiger partial charge in [0.1, 0.15) is 5.75 Å². The third kappa shape index (κ3) is 1.93. The van der Waals surface area contributed by atoms with E-state index in [0.29, 0.717) is 5.69 Å². The second-order valence-corrected chi connectivity index (χ2v) is 2.83. The number of aromatic amines is 1. The summed E-state index contributed by atoms with van der Waals surface area (Å²) in [5, 5.41) is 18.2. The number of pyridine rings is 1.